The minimum Gasteiger partial charge on any atom is -0.394 e. The van der Waals surface area contributed by atoms with Crippen molar-refractivity contribution in [1.29, 1.82) is 0 Å². The van der Waals surface area contributed by atoms with Crippen molar-refractivity contribution >= 4 is 17.7 Å². The number of nitrogens with one attached hydrogen (secondary N) is 3. The molecular formula is C24H41N3O16. The fraction of sp³-hybridized carbons (Fsp3) is 0.875. The van der Waals surface area contributed by atoms with E-state index in [0.717, 1.165) is 20.8 Å². The van der Waals surface area contributed by atoms with Crippen molar-refractivity contribution < 1.29 is 78.9 Å². The third-order valence-electron chi connectivity index (χ3n) is 7.30. The molecule has 0 saturated carbocycles. The highest BCUT2D eigenvalue weighted by Gasteiger charge is 2.54. The Labute approximate surface area is 245 Å². The zero-order chi connectivity index (χ0) is 32.2. The van der Waals surface area contributed by atoms with Gasteiger partial charge in [-0.15, -0.1) is 0 Å². The lowest BCUT2D eigenvalue weighted by atomic mass is 9.93. The normalized spacial score (nSPS) is 43.5. The van der Waals surface area contributed by atoms with Gasteiger partial charge in [-0.05, 0) is 0 Å². The SMILES string of the molecule is CC(=O)N[C@@H]1[C@@H](O)[C@H](O[C@@H]2O[C@H](CO)[C@@H](O)[C@H](O[C@@H]3O[C@H](CO)[C@@H](O)[C@H](O)[C@H]3NC(C)=O)[C@H]2NC(C)=O)[C@@H](CO)O[C@H]1O. The second-order valence-corrected chi connectivity index (χ2v) is 10.5. The predicted octanol–water partition coefficient (Wildman–Crippen LogP) is -7.14. The van der Waals surface area contributed by atoms with Gasteiger partial charge in [-0.1, -0.05) is 0 Å². The minimum absolute atomic E-state index is 0.635. The van der Waals surface area contributed by atoms with Crippen LogP contribution in [-0.4, -0.2) is 170 Å². The molecule has 0 bridgehead atoms. The number of rotatable bonds is 10. The second kappa shape index (κ2) is 15.3. The predicted molar refractivity (Wildman–Crippen MR) is 136 cm³/mol. The van der Waals surface area contributed by atoms with Gasteiger partial charge in [0.15, 0.2) is 18.9 Å². The van der Waals surface area contributed by atoms with E-state index in [2.05, 4.69) is 16.0 Å². The number of aliphatic hydroxyl groups is 8. The zero-order valence-electron chi connectivity index (χ0n) is 23.6. The van der Waals surface area contributed by atoms with Crippen LogP contribution in [0.4, 0.5) is 0 Å². The van der Waals surface area contributed by atoms with Crippen molar-refractivity contribution in [1.82, 2.24) is 16.0 Å². The van der Waals surface area contributed by atoms with Crippen molar-refractivity contribution in [2.45, 2.75) is 113 Å². The molecule has 0 aromatic carbocycles. The lowest BCUT2D eigenvalue weighted by Crippen LogP contribution is -2.71. The summed E-state index contributed by atoms with van der Waals surface area (Å²) in [5, 5.41) is 89.9. The molecule has 43 heavy (non-hydrogen) atoms. The molecule has 3 heterocycles. The van der Waals surface area contributed by atoms with E-state index < -0.39 is 129 Å². The van der Waals surface area contributed by atoms with Gasteiger partial charge < -0.3 is 80.5 Å². The maximum absolute atomic E-state index is 12.3. The Morgan fingerprint density at radius 1 is 0.558 bits per heavy atom. The van der Waals surface area contributed by atoms with Crippen molar-refractivity contribution in [2.24, 2.45) is 0 Å². The molecular weight excluding hydrogens is 586 g/mol. The topological polar surface area (TPSA) is 295 Å². The van der Waals surface area contributed by atoms with Gasteiger partial charge in [0, 0.05) is 20.8 Å². The second-order valence-electron chi connectivity index (χ2n) is 10.5. The summed E-state index contributed by atoms with van der Waals surface area (Å²) in [6.07, 6.45) is -19.2. The molecule has 0 spiro atoms. The molecule has 0 aliphatic carbocycles. The van der Waals surface area contributed by atoms with Crippen molar-refractivity contribution in [3.05, 3.63) is 0 Å². The van der Waals surface area contributed by atoms with Crippen LogP contribution in [0.1, 0.15) is 20.8 Å². The van der Waals surface area contributed by atoms with Gasteiger partial charge in [0.2, 0.25) is 17.7 Å². The van der Waals surface area contributed by atoms with Gasteiger partial charge in [0.05, 0.1) is 19.8 Å². The third-order valence-corrected chi connectivity index (χ3v) is 7.30. The molecule has 19 heteroatoms. The Morgan fingerprint density at radius 3 is 1.51 bits per heavy atom. The summed E-state index contributed by atoms with van der Waals surface area (Å²) in [6.45, 7) is 0.963. The van der Waals surface area contributed by atoms with E-state index in [1.54, 1.807) is 0 Å². The first-order valence-corrected chi connectivity index (χ1v) is 13.5. The Morgan fingerprint density at radius 2 is 1.00 bits per heavy atom. The molecule has 15 atom stereocenters. The summed E-state index contributed by atoms with van der Waals surface area (Å²) < 4.78 is 28.4. The monoisotopic (exact) mass is 627 g/mol. The fourth-order valence-corrected chi connectivity index (χ4v) is 5.27. The molecule has 0 unspecified atom stereocenters. The number of hydrogen-bond donors (Lipinski definition) is 11. The number of amides is 3. The standard InChI is InChI=1S/C24H41N3O16/c1-7(31)25-13-19(37)20(12(6-30)39-22(13)38)42-24-15(27-9(3)33)21(17(35)11(5-29)41-24)43-23-14(26-8(2)32)18(36)16(34)10(4-28)40-23/h10-24,28-30,34-38H,4-6H2,1-3H3,(H,25,31)(H,26,32)(H,27,33)/t10-,11-,12-,13-,14-,15-,16-,17-,18-,19-,20-,21-,22-,23+,24+/m1/s1. The molecule has 11 N–H and O–H groups in total. The molecule has 3 amide bonds. The molecule has 248 valence electrons. The first-order chi connectivity index (χ1) is 20.2. The van der Waals surface area contributed by atoms with Crippen molar-refractivity contribution in [2.75, 3.05) is 19.8 Å². The van der Waals surface area contributed by atoms with Crippen LogP contribution in [0, 0.1) is 0 Å². The molecule has 3 saturated heterocycles. The largest absolute Gasteiger partial charge is 0.394 e. The van der Waals surface area contributed by atoms with E-state index in [9.17, 15) is 55.2 Å². The lowest BCUT2D eigenvalue weighted by Gasteiger charge is -2.50. The Kier molecular flexibility index (Phi) is 12.5. The summed E-state index contributed by atoms with van der Waals surface area (Å²) in [5.74, 6) is -1.99. The third kappa shape index (κ3) is 8.14. The molecule has 0 radical (unpaired) electrons. The first-order valence-electron chi connectivity index (χ1n) is 13.5. The molecule has 0 aromatic heterocycles. The van der Waals surface area contributed by atoms with Gasteiger partial charge in [-0.3, -0.25) is 14.4 Å². The molecule has 3 aliphatic heterocycles. The van der Waals surface area contributed by atoms with Crippen LogP contribution >= 0.6 is 0 Å². The smallest absolute Gasteiger partial charge is 0.217 e. The van der Waals surface area contributed by atoms with E-state index in [1.165, 1.54) is 0 Å². The molecule has 19 nitrogen and oxygen atoms in total. The lowest BCUT2D eigenvalue weighted by molar-refractivity contribution is -0.349. The Balaban J connectivity index is 1.97. The summed E-state index contributed by atoms with van der Waals surface area (Å²) in [6, 6.07) is -4.34. The number of aliphatic hydroxyl groups excluding tert-OH is 8. The highest BCUT2D eigenvalue weighted by molar-refractivity contribution is 5.74. The van der Waals surface area contributed by atoms with Gasteiger partial charge >= 0.3 is 0 Å². The molecule has 3 aliphatic rings. The zero-order valence-corrected chi connectivity index (χ0v) is 23.6. The van der Waals surface area contributed by atoms with Crippen molar-refractivity contribution in [3.63, 3.8) is 0 Å². The summed E-state index contributed by atoms with van der Waals surface area (Å²) in [5.41, 5.74) is 0. The maximum atomic E-state index is 12.3. The van der Waals surface area contributed by atoms with Gasteiger partial charge in [-0.25, -0.2) is 0 Å². The number of carbonyl (C=O) groups excluding carboxylic acids is 3. The highest BCUT2D eigenvalue weighted by Crippen LogP contribution is 2.32. The van der Waals surface area contributed by atoms with Gasteiger partial charge in [-0.2, -0.15) is 0 Å². The van der Waals surface area contributed by atoms with E-state index >= 15 is 0 Å². The minimum atomic E-state index is -1.74. The van der Waals surface area contributed by atoms with Gasteiger partial charge in [0.25, 0.3) is 0 Å². The summed E-state index contributed by atoms with van der Waals surface area (Å²) >= 11 is 0. The highest BCUT2D eigenvalue weighted by atomic mass is 16.7. The van der Waals surface area contributed by atoms with Crippen LogP contribution in [0.5, 0.6) is 0 Å². The van der Waals surface area contributed by atoms with Gasteiger partial charge in [0.1, 0.15) is 73.1 Å². The van der Waals surface area contributed by atoms with Crippen LogP contribution in [0.3, 0.4) is 0 Å². The summed E-state index contributed by atoms with van der Waals surface area (Å²) in [4.78, 5) is 35.8. The number of ether oxygens (including phenoxy) is 5. The average molecular weight is 628 g/mol. The van der Waals surface area contributed by atoms with E-state index in [0.29, 0.717) is 0 Å². The quantitative estimate of drug-likeness (QED) is 0.107. The summed E-state index contributed by atoms with van der Waals surface area (Å²) in [7, 11) is 0. The van der Waals surface area contributed by atoms with Crippen LogP contribution in [0.25, 0.3) is 0 Å². The van der Waals surface area contributed by atoms with Crippen LogP contribution in [0.15, 0.2) is 0 Å². The Bertz CT molecular complexity index is 962. The Hall–Kier alpha value is -2.11. The van der Waals surface area contributed by atoms with E-state index in [1.807, 2.05) is 0 Å². The molecule has 3 fully saturated rings. The molecule has 0 aromatic rings. The number of hydrogen-bond acceptors (Lipinski definition) is 16. The van der Waals surface area contributed by atoms with Crippen LogP contribution in [-0.2, 0) is 38.1 Å². The maximum Gasteiger partial charge on any atom is 0.217 e. The first kappa shape index (κ1) is 35.4. The average Bonchev–Trinajstić information content (AvgIpc) is 2.94. The van der Waals surface area contributed by atoms with E-state index in [-0.39, 0.29) is 0 Å². The van der Waals surface area contributed by atoms with Crippen molar-refractivity contribution in [3.8, 4) is 0 Å². The molecule has 3 rings (SSSR count). The van der Waals surface area contributed by atoms with E-state index in [4.69, 9.17) is 23.7 Å². The fourth-order valence-electron chi connectivity index (χ4n) is 5.27. The number of carbonyl (C=O) groups is 3. The van der Waals surface area contributed by atoms with Crippen LogP contribution in [0.2, 0.25) is 0 Å². The van der Waals surface area contributed by atoms with Crippen LogP contribution < -0.4 is 16.0 Å².